The minimum absolute atomic E-state index is 0.148. The smallest absolute Gasteiger partial charge is 0.234 e. The van der Waals surface area contributed by atoms with Crippen molar-refractivity contribution in [2.24, 2.45) is 0 Å². The lowest BCUT2D eigenvalue weighted by atomic mass is 9.78. The van der Waals surface area contributed by atoms with Gasteiger partial charge < -0.3 is 0 Å². The molecule has 1 aliphatic rings. The van der Waals surface area contributed by atoms with Crippen molar-refractivity contribution in [3.8, 4) is 55.8 Å². The van der Waals surface area contributed by atoms with Crippen LogP contribution < -0.4 is 0 Å². The molecule has 3 heteroatoms. The van der Waals surface area contributed by atoms with Crippen LogP contribution in [0.15, 0.2) is 188 Å². The van der Waals surface area contributed by atoms with E-state index in [4.69, 9.17) is 4.98 Å². The molecule has 0 unspecified atom stereocenters. The molecule has 3 nitrogen and oxygen atoms in total. The van der Waals surface area contributed by atoms with E-state index in [9.17, 15) is 0 Å². The molecule has 0 amide bonds. The van der Waals surface area contributed by atoms with Crippen molar-refractivity contribution in [3.05, 3.63) is 200 Å². The van der Waals surface area contributed by atoms with E-state index >= 15 is 0 Å². The first-order chi connectivity index (χ1) is 28.5. The summed E-state index contributed by atoms with van der Waals surface area (Å²) in [6.07, 6.45) is 5.81. The maximum atomic E-state index is 4.79. The predicted molar refractivity (Wildman–Crippen MR) is 242 cm³/mol. The molecule has 0 atom stereocenters. The normalized spacial score (nSPS) is 13.1. The van der Waals surface area contributed by atoms with E-state index in [0.717, 1.165) is 16.8 Å². The first-order valence-electron chi connectivity index (χ1n) is 20.1. The Morgan fingerprint density at radius 2 is 1.02 bits per heavy atom. The molecular weight excluding hydrogens is 703 g/mol. The topological polar surface area (TPSA) is 30.2 Å². The number of rotatable bonds is 4. The van der Waals surface area contributed by atoms with Crippen molar-refractivity contribution < 1.29 is 0 Å². The van der Waals surface area contributed by atoms with Crippen LogP contribution in [0.5, 0.6) is 0 Å². The molecule has 0 spiro atoms. The highest BCUT2D eigenvalue weighted by Gasteiger charge is 2.36. The Hall–Kier alpha value is -7.36. The summed E-state index contributed by atoms with van der Waals surface area (Å²) in [6, 6.07) is 63.1. The van der Waals surface area contributed by atoms with Crippen LogP contribution in [-0.4, -0.2) is 14.4 Å². The number of nitrogens with zero attached hydrogens (tertiary/aromatic N) is 3. The van der Waals surface area contributed by atoms with Crippen molar-refractivity contribution >= 4 is 48.9 Å². The number of hydrogen-bond donors (Lipinski definition) is 0. The van der Waals surface area contributed by atoms with E-state index in [2.05, 4.69) is 183 Å². The Labute approximate surface area is 336 Å². The molecule has 272 valence electrons. The van der Waals surface area contributed by atoms with Crippen molar-refractivity contribution in [1.29, 1.82) is 0 Å². The molecule has 12 rings (SSSR count). The fourth-order valence-corrected chi connectivity index (χ4v) is 9.87. The van der Waals surface area contributed by atoms with E-state index in [1.807, 2.05) is 22.9 Å². The van der Waals surface area contributed by atoms with Gasteiger partial charge >= 0.3 is 0 Å². The summed E-state index contributed by atoms with van der Waals surface area (Å²) in [5, 5.41) is 10.0. The third-order valence-electron chi connectivity index (χ3n) is 12.7. The largest absolute Gasteiger partial charge is 0.291 e. The van der Waals surface area contributed by atoms with Crippen molar-refractivity contribution in [2.45, 2.75) is 19.3 Å². The molecule has 0 aliphatic heterocycles. The molecule has 0 fully saturated rings. The summed E-state index contributed by atoms with van der Waals surface area (Å²) < 4.78 is 1.97. The van der Waals surface area contributed by atoms with Gasteiger partial charge in [-0.3, -0.25) is 4.40 Å². The first-order valence-corrected chi connectivity index (χ1v) is 20.1. The molecule has 0 bridgehead atoms. The summed E-state index contributed by atoms with van der Waals surface area (Å²) >= 11 is 0. The van der Waals surface area contributed by atoms with Gasteiger partial charge in [-0.15, -0.1) is 0 Å². The summed E-state index contributed by atoms with van der Waals surface area (Å²) in [4.78, 5) is 9.22. The van der Waals surface area contributed by atoms with Crippen molar-refractivity contribution in [3.63, 3.8) is 0 Å². The zero-order chi connectivity index (χ0) is 38.5. The van der Waals surface area contributed by atoms with Crippen molar-refractivity contribution in [1.82, 2.24) is 14.4 Å². The predicted octanol–water partition coefficient (Wildman–Crippen LogP) is 14.3. The summed E-state index contributed by atoms with van der Waals surface area (Å²) in [5.41, 5.74) is 14.6. The second kappa shape index (κ2) is 12.3. The zero-order valence-corrected chi connectivity index (χ0v) is 32.2. The molecule has 9 aromatic carbocycles. The Kier molecular flexibility index (Phi) is 6.98. The Bertz CT molecular complexity index is 3440. The lowest BCUT2D eigenvalue weighted by Crippen LogP contribution is -2.14. The van der Waals surface area contributed by atoms with Crippen LogP contribution in [0, 0.1) is 0 Å². The van der Waals surface area contributed by atoms with E-state index in [-0.39, 0.29) is 5.41 Å². The summed E-state index contributed by atoms with van der Waals surface area (Å²) in [7, 11) is 0. The molecule has 11 aromatic rings. The van der Waals surface area contributed by atoms with E-state index in [1.165, 1.54) is 93.2 Å². The summed E-state index contributed by atoms with van der Waals surface area (Å²) in [5.74, 6) is 0.698. The third kappa shape index (κ3) is 4.80. The highest BCUT2D eigenvalue weighted by Crippen LogP contribution is 2.54. The van der Waals surface area contributed by atoms with Crippen LogP contribution >= 0.6 is 0 Å². The molecular formula is C55H37N3. The minimum Gasteiger partial charge on any atom is -0.291 e. The van der Waals surface area contributed by atoms with Gasteiger partial charge in [-0.25, -0.2) is 9.97 Å². The molecule has 0 N–H and O–H groups in total. The van der Waals surface area contributed by atoms with Gasteiger partial charge in [0.25, 0.3) is 0 Å². The quantitative estimate of drug-likeness (QED) is 0.168. The first kappa shape index (κ1) is 32.8. The molecule has 2 aromatic heterocycles. The van der Waals surface area contributed by atoms with Gasteiger partial charge in [0.2, 0.25) is 5.78 Å². The van der Waals surface area contributed by atoms with E-state index in [1.54, 1.807) is 6.20 Å². The van der Waals surface area contributed by atoms with Gasteiger partial charge in [-0.05, 0) is 123 Å². The highest BCUT2D eigenvalue weighted by molar-refractivity contribution is 6.26. The maximum absolute atomic E-state index is 4.79. The fraction of sp³-hybridized carbons (Fsp3) is 0.0545. The van der Waals surface area contributed by atoms with Crippen LogP contribution in [0.4, 0.5) is 0 Å². The SMILES string of the molecule is CC1(C)c2ccccc2-c2cc3c(-c4cccc5ccccc45)c4ccc(-c5ccc(-c6cn7cccnc7n6)cc5)cc4c(-c4cccc5ccccc45)c3cc21. The second-order valence-electron chi connectivity index (χ2n) is 16.2. The molecule has 0 saturated heterocycles. The Morgan fingerprint density at radius 3 is 1.76 bits per heavy atom. The lowest BCUT2D eigenvalue weighted by molar-refractivity contribution is 0.661. The van der Waals surface area contributed by atoms with Gasteiger partial charge in [0.15, 0.2) is 0 Å². The van der Waals surface area contributed by atoms with Gasteiger partial charge in [0, 0.05) is 29.6 Å². The van der Waals surface area contributed by atoms with Crippen molar-refractivity contribution in [2.75, 3.05) is 0 Å². The number of fused-ring (bicyclic) bond motifs is 8. The Balaban J connectivity index is 1.19. The van der Waals surface area contributed by atoms with E-state index < -0.39 is 0 Å². The van der Waals surface area contributed by atoms with Gasteiger partial charge in [-0.2, -0.15) is 0 Å². The fourth-order valence-electron chi connectivity index (χ4n) is 9.87. The average Bonchev–Trinajstić information content (AvgIpc) is 3.81. The molecule has 0 radical (unpaired) electrons. The maximum Gasteiger partial charge on any atom is 0.234 e. The van der Waals surface area contributed by atoms with Gasteiger partial charge in [0.1, 0.15) is 0 Å². The second-order valence-corrected chi connectivity index (χ2v) is 16.2. The Morgan fingerprint density at radius 1 is 0.431 bits per heavy atom. The molecule has 1 aliphatic carbocycles. The average molecular weight is 740 g/mol. The third-order valence-corrected chi connectivity index (χ3v) is 12.7. The van der Waals surface area contributed by atoms with Gasteiger partial charge in [-0.1, -0.05) is 159 Å². The molecule has 2 heterocycles. The molecule has 0 saturated carbocycles. The van der Waals surface area contributed by atoms with Gasteiger partial charge in [0.05, 0.1) is 5.69 Å². The number of hydrogen-bond acceptors (Lipinski definition) is 2. The standard InChI is InChI=1S/C55H37N3/c1-55(2)49-21-8-7-18-41(49)45-31-47-48(32-50(45)55)53(43-20-10-15-36-13-4-6-17-40(36)43)46-30-38(26-27-44(46)52(47)42-19-9-14-35-12-3-5-16-39(35)42)34-22-24-37(25-23-34)51-33-58-29-11-28-56-54(58)57-51/h3-33H,1-2H3. The minimum atomic E-state index is -0.148. The van der Waals surface area contributed by atoms with Crippen LogP contribution in [0.3, 0.4) is 0 Å². The lowest BCUT2D eigenvalue weighted by Gasteiger charge is -2.24. The number of benzene rings is 9. The summed E-state index contributed by atoms with van der Waals surface area (Å²) in [6.45, 7) is 4.77. The molecule has 58 heavy (non-hydrogen) atoms. The highest BCUT2D eigenvalue weighted by atomic mass is 15.1. The monoisotopic (exact) mass is 739 g/mol. The number of aromatic nitrogens is 3. The van der Waals surface area contributed by atoms with Crippen LogP contribution in [0.1, 0.15) is 25.0 Å². The number of imidazole rings is 1. The van der Waals surface area contributed by atoms with Crippen LogP contribution in [0.2, 0.25) is 0 Å². The zero-order valence-electron chi connectivity index (χ0n) is 32.2. The van der Waals surface area contributed by atoms with E-state index in [0.29, 0.717) is 5.78 Å². The van der Waals surface area contributed by atoms with Crippen LogP contribution in [-0.2, 0) is 5.41 Å². The van der Waals surface area contributed by atoms with Crippen LogP contribution in [0.25, 0.3) is 105 Å².